The van der Waals surface area contributed by atoms with Crippen LogP contribution in [0.2, 0.25) is 5.02 Å². The number of benzene rings is 2. The number of aliphatic hydroxyl groups is 2. The first kappa shape index (κ1) is 19.2. The minimum atomic E-state index is -1.04. The molecule has 5 nitrogen and oxygen atoms in total. The number of rotatable bonds is 7. The van der Waals surface area contributed by atoms with E-state index in [-0.39, 0.29) is 19.6 Å². The third-order valence-electron chi connectivity index (χ3n) is 3.84. The van der Waals surface area contributed by atoms with Crippen LogP contribution in [0.4, 0.5) is 4.79 Å². The second-order valence-corrected chi connectivity index (χ2v) is 6.23. The van der Waals surface area contributed by atoms with Crippen molar-refractivity contribution >= 4 is 17.7 Å². The van der Waals surface area contributed by atoms with E-state index in [1.807, 2.05) is 37.3 Å². The van der Waals surface area contributed by atoms with Gasteiger partial charge in [0.25, 0.3) is 0 Å². The fourth-order valence-corrected chi connectivity index (χ4v) is 2.66. The standard InChI is InChI=1S/C19H22ClNO4/c1-13-11-15(20)7-8-16(13)18(23)17(22)9-10-21-19(24)25-12-14-5-3-2-4-6-14/h2-8,11,17-18,22-23H,9-10,12H2,1H3,(H,21,24). The first-order valence-electron chi connectivity index (χ1n) is 8.04. The van der Waals surface area contributed by atoms with E-state index in [1.54, 1.807) is 18.2 Å². The van der Waals surface area contributed by atoms with Gasteiger partial charge in [-0.2, -0.15) is 0 Å². The summed E-state index contributed by atoms with van der Waals surface area (Å²) in [6.45, 7) is 2.19. The number of nitrogens with one attached hydrogen (secondary N) is 1. The normalized spacial score (nSPS) is 13.1. The molecule has 0 aromatic heterocycles. The third kappa shape index (κ3) is 6.05. The molecule has 2 unspecified atom stereocenters. The number of carbonyl (C=O) groups excluding carboxylic acids is 1. The quantitative estimate of drug-likeness (QED) is 0.704. The van der Waals surface area contributed by atoms with E-state index in [9.17, 15) is 15.0 Å². The van der Waals surface area contributed by atoms with Crippen LogP contribution in [0.25, 0.3) is 0 Å². The van der Waals surface area contributed by atoms with Crippen molar-refractivity contribution in [3.63, 3.8) is 0 Å². The highest BCUT2D eigenvalue weighted by atomic mass is 35.5. The summed E-state index contributed by atoms with van der Waals surface area (Å²) in [6, 6.07) is 14.4. The summed E-state index contributed by atoms with van der Waals surface area (Å²) in [4.78, 5) is 11.6. The summed E-state index contributed by atoms with van der Waals surface area (Å²) in [5.74, 6) is 0. The van der Waals surface area contributed by atoms with Crippen molar-refractivity contribution in [2.24, 2.45) is 0 Å². The molecule has 2 aromatic rings. The molecule has 2 atom stereocenters. The predicted molar refractivity (Wildman–Crippen MR) is 96.4 cm³/mol. The highest BCUT2D eigenvalue weighted by Crippen LogP contribution is 2.24. The number of hydrogen-bond acceptors (Lipinski definition) is 4. The lowest BCUT2D eigenvalue weighted by atomic mass is 9.98. The van der Waals surface area contributed by atoms with Crippen molar-refractivity contribution in [3.05, 3.63) is 70.2 Å². The highest BCUT2D eigenvalue weighted by Gasteiger charge is 2.20. The molecule has 1 amide bonds. The fourth-order valence-electron chi connectivity index (χ4n) is 2.43. The Morgan fingerprint density at radius 3 is 2.60 bits per heavy atom. The number of carbonyl (C=O) groups is 1. The van der Waals surface area contributed by atoms with Gasteiger partial charge in [-0.25, -0.2) is 4.79 Å². The van der Waals surface area contributed by atoms with Gasteiger partial charge in [0, 0.05) is 11.6 Å². The van der Waals surface area contributed by atoms with E-state index >= 15 is 0 Å². The van der Waals surface area contributed by atoms with E-state index in [1.165, 1.54) is 0 Å². The van der Waals surface area contributed by atoms with Crippen LogP contribution in [-0.4, -0.2) is 29.0 Å². The molecule has 2 aromatic carbocycles. The fraction of sp³-hybridized carbons (Fsp3) is 0.316. The minimum absolute atomic E-state index is 0.182. The van der Waals surface area contributed by atoms with Gasteiger partial charge in [0.2, 0.25) is 0 Å². The summed E-state index contributed by atoms with van der Waals surface area (Å²) in [5, 5.41) is 23.5. The first-order chi connectivity index (χ1) is 12.0. The number of halogens is 1. The van der Waals surface area contributed by atoms with Crippen molar-refractivity contribution < 1.29 is 19.7 Å². The zero-order valence-electron chi connectivity index (χ0n) is 14.0. The Morgan fingerprint density at radius 1 is 1.20 bits per heavy atom. The van der Waals surface area contributed by atoms with Crippen LogP contribution in [0, 0.1) is 6.92 Å². The third-order valence-corrected chi connectivity index (χ3v) is 4.07. The monoisotopic (exact) mass is 363 g/mol. The largest absolute Gasteiger partial charge is 0.445 e. The Kier molecular flexibility index (Phi) is 7.25. The molecule has 0 aliphatic rings. The summed E-state index contributed by atoms with van der Waals surface area (Å²) >= 11 is 5.89. The van der Waals surface area contributed by atoms with Crippen LogP contribution in [0.5, 0.6) is 0 Å². The molecule has 0 radical (unpaired) electrons. The number of ether oxygens (including phenoxy) is 1. The Hall–Kier alpha value is -2.08. The van der Waals surface area contributed by atoms with Crippen LogP contribution in [0.3, 0.4) is 0 Å². The molecule has 134 valence electrons. The molecule has 0 saturated heterocycles. The van der Waals surface area contributed by atoms with Crippen molar-refractivity contribution in [1.82, 2.24) is 5.32 Å². The van der Waals surface area contributed by atoms with Crippen molar-refractivity contribution in [3.8, 4) is 0 Å². The van der Waals surface area contributed by atoms with E-state index in [0.29, 0.717) is 10.6 Å². The Morgan fingerprint density at radius 2 is 1.92 bits per heavy atom. The number of aliphatic hydroxyl groups excluding tert-OH is 2. The van der Waals surface area contributed by atoms with Gasteiger partial charge in [-0.05, 0) is 42.2 Å². The molecule has 0 aliphatic carbocycles. The van der Waals surface area contributed by atoms with Crippen LogP contribution in [-0.2, 0) is 11.3 Å². The molecular weight excluding hydrogens is 342 g/mol. The smallest absolute Gasteiger partial charge is 0.407 e. The number of hydrogen-bond donors (Lipinski definition) is 3. The first-order valence-corrected chi connectivity index (χ1v) is 8.42. The van der Waals surface area contributed by atoms with Crippen LogP contribution in [0.15, 0.2) is 48.5 Å². The maximum Gasteiger partial charge on any atom is 0.407 e. The number of amides is 1. The maximum absolute atomic E-state index is 11.6. The van der Waals surface area contributed by atoms with Gasteiger partial charge in [0.05, 0.1) is 6.10 Å². The van der Waals surface area contributed by atoms with Crippen molar-refractivity contribution in [2.75, 3.05) is 6.54 Å². The van der Waals surface area contributed by atoms with Crippen molar-refractivity contribution in [1.29, 1.82) is 0 Å². The van der Waals surface area contributed by atoms with Gasteiger partial charge < -0.3 is 20.3 Å². The molecule has 0 bridgehead atoms. The lowest BCUT2D eigenvalue weighted by molar-refractivity contribution is 0.0133. The minimum Gasteiger partial charge on any atom is -0.445 e. The number of aryl methyl sites for hydroxylation is 1. The Labute approximate surface area is 152 Å². The van der Waals surface area contributed by atoms with Crippen molar-refractivity contribution in [2.45, 2.75) is 32.2 Å². The van der Waals surface area contributed by atoms with Gasteiger partial charge in [-0.15, -0.1) is 0 Å². The average Bonchev–Trinajstić information content (AvgIpc) is 2.60. The average molecular weight is 364 g/mol. The molecular formula is C19H22ClNO4. The predicted octanol–water partition coefficient (Wildman–Crippen LogP) is 3.36. The molecule has 0 spiro atoms. The topological polar surface area (TPSA) is 78.8 Å². The van der Waals surface area contributed by atoms with Gasteiger partial charge in [0.1, 0.15) is 12.7 Å². The lowest BCUT2D eigenvalue weighted by Crippen LogP contribution is -2.30. The van der Waals surface area contributed by atoms with E-state index in [2.05, 4.69) is 5.32 Å². The molecule has 0 saturated carbocycles. The zero-order valence-corrected chi connectivity index (χ0v) is 14.7. The number of alkyl carbamates (subject to hydrolysis) is 1. The van der Waals surface area contributed by atoms with E-state index in [0.717, 1.165) is 11.1 Å². The highest BCUT2D eigenvalue weighted by molar-refractivity contribution is 6.30. The molecule has 3 N–H and O–H groups in total. The van der Waals surface area contributed by atoms with Gasteiger partial charge >= 0.3 is 6.09 Å². The molecule has 0 fully saturated rings. The molecule has 6 heteroatoms. The summed E-state index contributed by atoms with van der Waals surface area (Å²) in [7, 11) is 0. The Bertz CT molecular complexity index is 693. The van der Waals surface area contributed by atoms with Crippen LogP contribution in [0.1, 0.15) is 29.2 Å². The second-order valence-electron chi connectivity index (χ2n) is 5.79. The molecule has 2 rings (SSSR count). The van der Waals surface area contributed by atoms with Gasteiger partial charge in [-0.1, -0.05) is 48.0 Å². The Balaban J connectivity index is 1.74. The van der Waals surface area contributed by atoms with E-state index in [4.69, 9.17) is 16.3 Å². The molecule has 0 heterocycles. The van der Waals surface area contributed by atoms with Crippen LogP contribution >= 0.6 is 11.6 Å². The van der Waals surface area contributed by atoms with Crippen LogP contribution < -0.4 is 5.32 Å². The van der Waals surface area contributed by atoms with Gasteiger partial charge in [0.15, 0.2) is 0 Å². The summed E-state index contributed by atoms with van der Waals surface area (Å²) in [5.41, 5.74) is 2.31. The summed E-state index contributed by atoms with van der Waals surface area (Å²) in [6.07, 6.45) is -2.41. The van der Waals surface area contributed by atoms with E-state index < -0.39 is 18.3 Å². The van der Waals surface area contributed by atoms with Gasteiger partial charge in [-0.3, -0.25) is 0 Å². The second kappa shape index (κ2) is 9.42. The summed E-state index contributed by atoms with van der Waals surface area (Å²) < 4.78 is 5.08. The molecule has 25 heavy (non-hydrogen) atoms. The maximum atomic E-state index is 11.6. The SMILES string of the molecule is Cc1cc(Cl)ccc1C(O)C(O)CCNC(=O)OCc1ccccc1. The lowest BCUT2D eigenvalue weighted by Gasteiger charge is -2.20. The molecule has 0 aliphatic heterocycles. The zero-order chi connectivity index (χ0) is 18.2.